The van der Waals surface area contributed by atoms with Gasteiger partial charge in [-0.3, -0.25) is 14.6 Å². The first-order valence-electron chi connectivity index (χ1n) is 9.85. The normalized spacial score (nSPS) is 16.2. The lowest BCUT2D eigenvalue weighted by atomic mass is 10.1. The van der Waals surface area contributed by atoms with Crippen LogP contribution in [-0.4, -0.2) is 40.9 Å². The fraction of sp³-hybridized carbons (Fsp3) is 0.238. The van der Waals surface area contributed by atoms with Gasteiger partial charge in [0.25, 0.3) is 5.91 Å². The number of nitrogens with zero attached hydrogens (tertiary/aromatic N) is 3. The summed E-state index contributed by atoms with van der Waals surface area (Å²) in [7, 11) is 0. The molecule has 1 unspecified atom stereocenters. The summed E-state index contributed by atoms with van der Waals surface area (Å²) < 4.78 is 0. The lowest BCUT2D eigenvalue weighted by Crippen LogP contribution is -2.43. The van der Waals surface area contributed by atoms with Crippen LogP contribution in [0.2, 0.25) is 0 Å². The molecule has 1 aliphatic heterocycles. The van der Waals surface area contributed by atoms with Gasteiger partial charge in [0.15, 0.2) is 5.69 Å². The summed E-state index contributed by atoms with van der Waals surface area (Å²) in [6.45, 7) is 1.58. The van der Waals surface area contributed by atoms with Gasteiger partial charge in [-0.2, -0.15) is 0 Å². The number of benzene rings is 1. The van der Waals surface area contributed by atoms with Crippen molar-refractivity contribution in [2.75, 3.05) is 29.0 Å². The van der Waals surface area contributed by atoms with Crippen molar-refractivity contribution >= 4 is 39.5 Å². The van der Waals surface area contributed by atoms with Crippen molar-refractivity contribution in [2.45, 2.75) is 18.9 Å². The average molecular weight is 438 g/mol. The molecule has 1 aliphatic rings. The van der Waals surface area contributed by atoms with Gasteiger partial charge in [-0.25, -0.2) is 4.98 Å². The van der Waals surface area contributed by atoms with Gasteiger partial charge in [-0.15, -0.1) is 0 Å². The van der Waals surface area contributed by atoms with E-state index in [9.17, 15) is 9.59 Å². The van der Waals surface area contributed by atoms with Crippen molar-refractivity contribution in [3.63, 3.8) is 0 Å². The van der Waals surface area contributed by atoms with E-state index in [-0.39, 0.29) is 16.7 Å². The molecule has 10 heteroatoms. The zero-order chi connectivity index (χ0) is 22.0. The largest absolute Gasteiger partial charge is 0.389 e. The Morgan fingerprint density at radius 2 is 2.10 bits per heavy atom. The standard InChI is InChI=1S/C21H23N7O2S/c22-14-5-2-8-28(11-14)16-6-7-25-10-15(16)26-20(30)17-19(24)31-21(27-17)13-4-1-3-12(9-13)18(23)29/h1,3-4,6-7,9-10,14H,2,5,8,11,22,24H2,(H2,23,29)(H,26,30). The summed E-state index contributed by atoms with van der Waals surface area (Å²) in [6.07, 6.45) is 5.27. The number of piperidine rings is 1. The lowest BCUT2D eigenvalue weighted by molar-refractivity contribution is 0.0997. The van der Waals surface area contributed by atoms with Crippen LogP contribution in [0.3, 0.4) is 0 Å². The van der Waals surface area contributed by atoms with Gasteiger partial charge in [-0.1, -0.05) is 23.5 Å². The van der Waals surface area contributed by atoms with E-state index in [4.69, 9.17) is 17.2 Å². The first kappa shape index (κ1) is 20.8. The minimum absolute atomic E-state index is 0.0957. The number of rotatable bonds is 5. The number of amides is 2. The Morgan fingerprint density at radius 1 is 1.26 bits per heavy atom. The number of carbonyl (C=O) groups excluding carboxylic acids is 2. The van der Waals surface area contributed by atoms with Crippen molar-refractivity contribution in [3.05, 3.63) is 54.0 Å². The molecule has 0 bridgehead atoms. The molecule has 160 valence electrons. The van der Waals surface area contributed by atoms with E-state index in [1.54, 1.807) is 36.7 Å². The van der Waals surface area contributed by atoms with Gasteiger partial charge >= 0.3 is 0 Å². The highest BCUT2D eigenvalue weighted by Gasteiger charge is 2.22. The van der Waals surface area contributed by atoms with E-state index in [0.717, 1.165) is 25.1 Å². The van der Waals surface area contributed by atoms with Crippen LogP contribution >= 0.6 is 11.3 Å². The summed E-state index contributed by atoms with van der Waals surface area (Å²) in [6, 6.07) is 8.69. The summed E-state index contributed by atoms with van der Waals surface area (Å²) in [5, 5.41) is 3.69. The topological polar surface area (TPSA) is 153 Å². The predicted octanol–water partition coefficient (Wildman–Crippen LogP) is 2.07. The summed E-state index contributed by atoms with van der Waals surface area (Å²) in [5.74, 6) is -0.965. The number of nitrogens with one attached hydrogen (secondary N) is 1. The molecule has 0 spiro atoms. The van der Waals surface area contributed by atoms with Crippen LogP contribution in [0.1, 0.15) is 33.7 Å². The van der Waals surface area contributed by atoms with Gasteiger partial charge in [0.1, 0.15) is 10.0 Å². The van der Waals surface area contributed by atoms with Crippen LogP contribution in [0.4, 0.5) is 16.4 Å². The monoisotopic (exact) mass is 437 g/mol. The molecular weight excluding hydrogens is 414 g/mol. The number of thiazole rings is 1. The highest BCUT2D eigenvalue weighted by Crippen LogP contribution is 2.32. The Morgan fingerprint density at radius 3 is 2.87 bits per heavy atom. The summed E-state index contributed by atoms with van der Waals surface area (Å²) >= 11 is 1.17. The molecule has 1 fully saturated rings. The van der Waals surface area contributed by atoms with E-state index in [1.165, 1.54) is 11.3 Å². The van der Waals surface area contributed by atoms with Crippen molar-refractivity contribution in [1.29, 1.82) is 0 Å². The molecule has 2 aromatic heterocycles. The van der Waals surface area contributed by atoms with Gasteiger partial charge in [0.05, 0.1) is 17.6 Å². The maximum atomic E-state index is 13.0. The van der Waals surface area contributed by atoms with Gasteiger partial charge in [-0.05, 0) is 31.0 Å². The van der Waals surface area contributed by atoms with Gasteiger partial charge < -0.3 is 27.4 Å². The second kappa shape index (κ2) is 8.70. The van der Waals surface area contributed by atoms with Crippen LogP contribution < -0.4 is 27.4 Å². The zero-order valence-corrected chi connectivity index (χ0v) is 17.6. The molecule has 1 aromatic carbocycles. The number of primary amides is 1. The maximum absolute atomic E-state index is 13.0. The summed E-state index contributed by atoms with van der Waals surface area (Å²) in [4.78, 5) is 35.1. The van der Waals surface area contributed by atoms with Crippen LogP contribution in [0.25, 0.3) is 10.6 Å². The fourth-order valence-corrected chi connectivity index (χ4v) is 4.42. The molecule has 0 aliphatic carbocycles. The van der Waals surface area contributed by atoms with Gasteiger partial charge in [0, 0.05) is 36.5 Å². The molecule has 31 heavy (non-hydrogen) atoms. The van der Waals surface area contributed by atoms with Gasteiger partial charge in [0.2, 0.25) is 5.91 Å². The Labute approximate surface area is 183 Å². The van der Waals surface area contributed by atoms with Crippen LogP contribution in [-0.2, 0) is 0 Å². The van der Waals surface area contributed by atoms with E-state index < -0.39 is 11.8 Å². The van der Waals surface area contributed by atoms with Crippen LogP contribution in [0.5, 0.6) is 0 Å². The smallest absolute Gasteiger partial charge is 0.277 e. The number of carbonyl (C=O) groups is 2. The molecule has 3 heterocycles. The maximum Gasteiger partial charge on any atom is 0.277 e. The van der Waals surface area contributed by atoms with Crippen molar-refractivity contribution < 1.29 is 9.59 Å². The molecule has 1 saturated heterocycles. The third-order valence-corrected chi connectivity index (χ3v) is 6.04. The molecular formula is C21H23N7O2S. The average Bonchev–Trinajstić information content (AvgIpc) is 3.16. The van der Waals surface area contributed by atoms with Crippen molar-refractivity contribution in [2.24, 2.45) is 11.5 Å². The second-order valence-corrected chi connectivity index (χ2v) is 8.40. The van der Waals surface area contributed by atoms with Crippen molar-refractivity contribution in [1.82, 2.24) is 9.97 Å². The van der Waals surface area contributed by atoms with E-state index in [0.29, 0.717) is 28.4 Å². The highest BCUT2D eigenvalue weighted by molar-refractivity contribution is 7.19. The first-order valence-corrected chi connectivity index (χ1v) is 10.7. The van der Waals surface area contributed by atoms with E-state index >= 15 is 0 Å². The first-order chi connectivity index (χ1) is 14.9. The number of aromatic nitrogens is 2. The Kier molecular flexibility index (Phi) is 5.83. The minimum atomic E-state index is -0.536. The van der Waals surface area contributed by atoms with E-state index in [1.807, 2.05) is 6.07 Å². The minimum Gasteiger partial charge on any atom is -0.389 e. The molecule has 0 radical (unpaired) electrons. The number of pyridine rings is 1. The second-order valence-electron chi connectivity index (χ2n) is 7.37. The third-order valence-electron chi connectivity index (χ3n) is 5.11. The lowest BCUT2D eigenvalue weighted by Gasteiger charge is -2.33. The highest BCUT2D eigenvalue weighted by atomic mass is 32.1. The molecule has 0 saturated carbocycles. The summed E-state index contributed by atoms with van der Waals surface area (Å²) in [5.41, 5.74) is 20.1. The van der Waals surface area contributed by atoms with Crippen LogP contribution in [0.15, 0.2) is 42.7 Å². The van der Waals surface area contributed by atoms with Crippen molar-refractivity contribution in [3.8, 4) is 10.6 Å². The Hall–Kier alpha value is -3.50. The molecule has 4 rings (SSSR count). The Balaban J connectivity index is 1.58. The quantitative estimate of drug-likeness (QED) is 0.476. The molecule has 3 aromatic rings. The predicted molar refractivity (Wildman–Crippen MR) is 122 cm³/mol. The third kappa shape index (κ3) is 4.49. The number of anilines is 3. The van der Waals surface area contributed by atoms with E-state index in [2.05, 4.69) is 20.2 Å². The molecule has 9 nitrogen and oxygen atoms in total. The number of nitrogens with two attached hydrogens (primary N) is 3. The SMILES string of the molecule is NC(=O)c1cccc(-c2nc(C(=O)Nc3cnccc3N3CCCC(N)C3)c(N)s2)c1. The number of hydrogen-bond acceptors (Lipinski definition) is 8. The number of nitrogen functional groups attached to an aromatic ring is 1. The molecule has 7 N–H and O–H groups in total. The molecule has 2 amide bonds. The Bertz CT molecular complexity index is 1130. The fourth-order valence-electron chi connectivity index (χ4n) is 3.59. The number of hydrogen-bond donors (Lipinski definition) is 4. The zero-order valence-electron chi connectivity index (χ0n) is 16.7. The van der Waals surface area contributed by atoms with Crippen LogP contribution in [0, 0.1) is 0 Å². The molecule has 1 atom stereocenters.